The number of likely N-dealkylation sites (tertiary alicyclic amines) is 2. The first-order chi connectivity index (χ1) is 41.9. The van der Waals surface area contributed by atoms with Crippen molar-refractivity contribution in [3.05, 3.63) is 131 Å². The third kappa shape index (κ3) is 16.8. The van der Waals surface area contributed by atoms with Crippen LogP contribution in [-0.2, 0) is 65.0 Å². The molecule has 17 nitrogen and oxygen atoms in total. The number of carbonyl (C=O) groups is 3. The Morgan fingerprint density at radius 2 is 0.989 bits per heavy atom. The van der Waals surface area contributed by atoms with E-state index in [1.54, 1.807) is 57.4 Å². The highest BCUT2D eigenvalue weighted by molar-refractivity contribution is 6.17. The highest BCUT2D eigenvalue weighted by Crippen LogP contribution is 2.36. The molecule has 27 heteroatoms. The number of pyridine rings is 3. The summed E-state index contributed by atoms with van der Waals surface area (Å²) in [6, 6.07) is 17.5. The van der Waals surface area contributed by atoms with Crippen molar-refractivity contribution in [2.75, 3.05) is 33.9 Å². The number of aromatic nitrogens is 9. The molecule has 8 aromatic rings. The number of amides is 3. The molecule has 6 aromatic heterocycles. The van der Waals surface area contributed by atoms with Crippen LogP contribution in [0.1, 0.15) is 123 Å². The molecule has 0 bridgehead atoms. The molecule has 3 saturated heterocycles. The van der Waals surface area contributed by atoms with Gasteiger partial charge in [-0.25, -0.2) is 29.9 Å². The molecule has 9 heterocycles. The summed E-state index contributed by atoms with van der Waals surface area (Å²) in [6.07, 6.45) is -1.50. The average Bonchev–Trinajstić information content (AvgIpc) is 2.73. The lowest BCUT2D eigenvalue weighted by atomic mass is 10.0. The molecule has 472 valence electrons. The van der Waals surface area contributed by atoms with Crippen LogP contribution in [0.3, 0.4) is 0 Å². The summed E-state index contributed by atoms with van der Waals surface area (Å²) in [5.74, 6) is 2.68. The van der Waals surface area contributed by atoms with Crippen LogP contribution < -0.4 is 14.8 Å². The quantitative estimate of drug-likeness (QED) is 0.0651. The number of nitrogens with one attached hydrogen (secondary N) is 2. The average molecular weight is 1260 g/mol. The molecule has 2 aromatic carbocycles. The second kappa shape index (κ2) is 28.9. The lowest BCUT2D eigenvalue weighted by Gasteiger charge is -2.18. The minimum Gasteiger partial charge on any atom is -0.497 e. The van der Waals surface area contributed by atoms with Crippen LogP contribution >= 0.6 is 11.6 Å². The van der Waals surface area contributed by atoms with Crippen LogP contribution in [0.25, 0.3) is 33.5 Å². The van der Waals surface area contributed by atoms with Crippen LogP contribution in [0.2, 0.25) is 0 Å². The van der Waals surface area contributed by atoms with Crippen molar-refractivity contribution in [3.63, 3.8) is 0 Å². The second-order valence-electron chi connectivity index (χ2n) is 21.9. The smallest absolute Gasteiger partial charge is 0.433 e. The molecular formula is C61H68ClF9N12O5. The van der Waals surface area contributed by atoms with E-state index in [4.69, 9.17) is 21.1 Å². The van der Waals surface area contributed by atoms with E-state index in [9.17, 15) is 53.9 Å². The number of benzene rings is 2. The van der Waals surface area contributed by atoms with Gasteiger partial charge in [-0.15, -0.1) is 11.6 Å². The minimum atomic E-state index is -4.60. The summed E-state index contributed by atoms with van der Waals surface area (Å²) < 4.78 is 132. The molecule has 3 fully saturated rings. The lowest BCUT2D eigenvalue weighted by molar-refractivity contribution is -0.141. The number of fused-ring (bicyclic) bond motifs is 3. The fraction of sp³-hybridized carbons (Fsp3) is 0.459. The molecule has 88 heavy (non-hydrogen) atoms. The third-order valence-electron chi connectivity index (χ3n) is 15.3. The van der Waals surface area contributed by atoms with Crippen LogP contribution in [0.4, 0.5) is 39.5 Å². The number of methoxy groups -OCH3 is 2. The van der Waals surface area contributed by atoms with Crippen LogP contribution in [0.15, 0.2) is 85.7 Å². The third-order valence-corrected chi connectivity index (χ3v) is 15.6. The number of carbonyl (C=O) groups excluding carboxylic acids is 3. The molecule has 3 amide bonds. The van der Waals surface area contributed by atoms with Crippen molar-refractivity contribution in [1.82, 2.24) is 59.1 Å². The van der Waals surface area contributed by atoms with Gasteiger partial charge >= 0.3 is 18.5 Å². The van der Waals surface area contributed by atoms with Gasteiger partial charge in [-0.2, -0.15) is 39.5 Å². The van der Waals surface area contributed by atoms with E-state index < -0.39 is 35.6 Å². The van der Waals surface area contributed by atoms with Crippen molar-refractivity contribution < 1.29 is 63.4 Å². The predicted octanol–water partition coefficient (Wildman–Crippen LogP) is 12.9. The Labute approximate surface area is 506 Å². The highest BCUT2D eigenvalue weighted by Gasteiger charge is 2.38. The summed E-state index contributed by atoms with van der Waals surface area (Å²) in [6.45, 7) is 9.23. The van der Waals surface area contributed by atoms with E-state index in [-0.39, 0.29) is 65.5 Å². The largest absolute Gasteiger partial charge is 0.497 e. The number of nitrogens with zero attached hydrogens (tertiary/aromatic N) is 10. The number of imidazole rings is 3. The van der Waals surface area contributed by atoms with E-state index in [1.165, 1.54) is 31.8 Å². The first-order valence-electron chi connectivity index (χ1n) is 28.8. The molecule has 3 aliphatic rings. The monoisotopic (exact) mass is 1250 g/mol. The van der Waals surface area contributed by atoms with Crippen LogP contribution in [0, 0.1) is 17.8 Å². The number of halogens is 10. The minimum absolute atomic E-state index is 0.0125. The van der Waals surface area contributed by atoms with Gasteiger partial charge in [0.25, 0.3) is 0 Å². The van der Waals surface area contributed by atoms with Gasteiger partial charge in [0.1, 0.15) is 39.6 Å². The molecule has 0 spiro atoms. The normalized spacial score (nSPS) is 17.0. The van der Waals surface area contributed by atoms with Crippen LogP contribution in [0.5, 0.6) is 11.5 Å². The summed E-state index contributed by atoms with van der Waals surface area (Å²) >= 11 is 5.77. The maximum absolute atomic E-state index is 13.6. The van der Waals surface area contributed by atoms with E-state index in [0.29, 0.717) is 89.7 Å². The number of aromatic amines is 1. The van der Waals surface area contributed by atoms with Gasteiger partial charge in [0, 0.05) is 69.0 Å². The van der Waals surface area contributed by atoms with Crippen molar-refractivity contribution >= 4 is 62.8 Å². The van der Waals surface area contributed by atoms with E-state index >= 15 is 0 Å². The fourth-order valence-corrected chi connectivity index (χ4v) is 11.2. The Bertz CT molecular complexity index is 3660. The van der Waals surface area contributed by atoms with E-state index in [0.717, 1.165) is 68.0 Å². The Balaban J connectivity index is 0.000000161. The first kappa shape index (κ1) is 65.9. The molecule has 3 aliphatic heterocycles. The second-order valence-corrected chi connectivity index (χ2v) is 22.2. The standard InChI is InChI=1S/C23H25F3N4O2.C16H13ClF3N3O.C15H17F3N4O.C7H13NO/c1-3-4-16-9-20(31)29(12-16)13-17-10-19(23(24,25)26)28-22-21(17)27-14-30(22)11-15-5-7-18(32-2)8-6-15;1-24-12-4-2-10(3-5-12)8-23-9-21-14-11(7-17)6-13(16(18,19)20)22-15(14)23;1-2-3-9-4-12(23)22(6-9)7-10-5-11(15(16,17)18)21-14-13(10)19-8-20-14;1-2-3-6-4-7(9)8-5-6/h5-8,10,14,16H,3-4,9,11-13H2,1-2H3;2-6,9H,7-8H2,1H3;5,8-9H,2-4,6-7H2,1H3,(H,19,20,21);6H,2-5H2,1H3,(H,8,9). The highest BCUT2D eigenvalue weighted by atomic mass is 35.5. The zero-order valence-corrected chi connectivity index (χ0v) is 49.9. The Hall–Kier alpha value is -8.03. The van der Waals surface area contributed by atoms with E-state index in [2.05, 4.69) is 61.0 Å². The van der Waals surface area contributed by atoms with Gasteiger partial charge in [0.2, 0.25) is 17.7 Å². The molecule has 0 radical (unpaired) electrons. The van der Waals surface area contributed by atoms with Crippen molar-refractivity contribution in [3.8, 4) is 11.5 Å². The zero-order chi connectivity index (χ0) is 63.5. The predicted molar refractivity (Wildman–Crippen MR) is 311 cm³/mol. The van der Waals surface area contributed by atoms with Crippen molar-refractivity contribution in [1.29, 1.82) is 0 Å². The molecular weight excluding hydrogens is 1190 g/mol. The van der Waals surface area contributed by atoms with Gasteiger partial charge in [-0.1, -0.05) is 64.3 Å². The molecule has 0 saturated carbocycles. The van der Waals surface area contributed by atoms with Gasteiger partial charge in [-0.05, 0) is 96.2 Å². The molecule has 3 atom stereocenters. The van der Waals surface area contributed by atoms with Gasteiger partial charge in [0.05, 0.1) is 51.8 Å². The van der Waals surface area contributed by atoms with Crippen molar-refractivity contribution in [2.45, 2.75) is 129 Å². The number of hydrogen-bond acceptors (Lipinski definition) is 11. The molecule has 0 aliphatic carbocycles. The molecule has 2 N–H and O–H groups in total. The summed E-state index contributed by atoms with van der Waals surface area (Å²) in [5.41, 5.74) is 1.46. The maximum Gasteiger partial charge on any atom is 0.433 e. The molecule has 3 unspecified atom stereocenters. The number of alkyl halides is 10. The number of H-pyrrole nitrogens is 1. The van der Waals surface area contributed by atoms with Crippen LogP contribution in [-0.4, -0.2) is 105 Å². The van der Waals surface area contributed by atoms with E-state index in [1.807, 2.05) is 24.3 Å². The Morgan fingerprint density at radius 1 is 0.557 bits per heavy atom. The maximum atomic E-state index is 13.6. The number of ether oxygens (including phenoxy) is 2. The topological polar surface area (TPSA) is 191 Å². The van der Waals surface area contributed by atoms with Gasteiger partial charge < -0.3 is 38.7 Å². The Kier molecular flexibility index (Phi) is 21.6. The summed E-state index contributed by atoms with van der Waals surface area (Å²) in [4.78, 5) is 64.7. The number of rotatable bonds is 17. The summed E-state index contributed by atoms with van der Waals surface area (Å²) in [7, 11) is 3.13. The number of hydrogen-bond donors (Lipinski definition) is 2. The summed E-state index contributed by atoms with van der Waals surface area (Å²) in [5, 5.41) is 2.82. The lowest BCUT2D eigenvalue weighted by Crippen LogP contribution is -2.25. The Morgan fingerprint density at radius 3 is 1.42 bits per heavy atom. The van der Waals surface area contributed by atoms with Gasteiger partial charge in [0.15, 0.2) is 16.9 Å². The molecule has 11 rings (SSSR count). The van der Waals surface area contributed by atoms with Crippen molar-refractivity contribution in [2.24, 2.45) is 17.8 Å². The zero-order valence-electron chi connectivity index (χ0n) is 49.1. The van der Waals surface area contributed by atoms with Gasteiger partial charge in [-0.3, -0.25) is 14.4 Å². The SMILES string of the molecule is CCCC1CC(=O)N(Cc2cc(C(F)(F)F)nc3c2ncn3Cc2ccc(OC)cc2)C1.CCCC1CC(=O)N(Cc2cc(C(F)(F)F)nc3nc[nH]c23)C1.CCCC1CNC(=O)C1.COc1ccc(Cn2cnc3c(CCl)cc(C(F)(F)F)nc32)cc1. The fourth-order valence-electron chi connectivity index (χ4n) is 11.0. The first-order valence-corrected chi connectivity index (χ1v) is 29.3.